The van der Waals surface area contributed by atoms with Gasteiger partial charge in [0.05, 0.1) is 12.2 Å². The molecule has 0 aliphatic rings. The molecule has 6 nitrogen and oxygen atoms in total. The first-order valence-corrected chi connectivity index (χ1v) is 10.3. The Morgan fingerprint density at radius 3 is 2.76 bits per heavy atom. The van der Waals surface area contributed by atoms with Gasteiger partial charge in [0.1, 0.15) is 17.7 Å². The second-order valence-electron chi connectivity index (χ2n) is 6.77. The molecule has 29 heavy (non-hydrogen) atoms. The molecule has 8 heteroatoms. The summed E-state index contributed by atoms with van der Waals surface area (Å²) < 4.78 is 18.5. The number of aliphatic hydroxyl groups is 1. The summed E-state index contributed by atoms with van der Waals surface area (Å²) in [5.74, 6) is 0.803. The van der Waals surface area contributed by atoms with Crippen molar-refractivity contribution in [3.63, 3.8) is 0 Å². The molecule has 0 spiro atoms. The Bertz CT molecular complexity index is 921. The van der Waals surface area contributed by atoms with Crippen LogP contribution in [0.15, 0.2) is 57.5 Å². The molecule has 154 valence electrons. The van der Waals surface area contributed by atoms with Crippen LogP contribution in [-0.4, -0.2) is 35.7 Å². The van der Waals surface area contributed by atoms with Gasteiger partial charge in [-0.25, -0.2) is 14.4 Å². The molecule has 0 bridgehead atoms. The van der Waals surface area contributed by atoms with E-state index in [0.29, 0.717) is 31.4 Å². The number of nitrogens with one attached hydrogen (secondary N) is 2. The lowest BCUT2D eigenvalue weighted by molar-refractivity contribution is 0.0711. The third-order valence-electron chi connectivity index (χ3n) is 4.26. The zero-order valence-electron chi connectivity index (χ0n) is 16.5. The summed E-state index contributed by atoms with van der Waals surface area (Å²) in [5, 5.41) is 19.0. The van der Waals surface area contributed by atoms with Gasteiger partial charge in [0.15, 0.2) is 5.96 Å². The molecule has 0 saturated heterocycles. The van der Waals surface area contributed by atoms with E-state index in [4.69, 9.17) is 4.42 Å². The average molecular weight is 417 g/mol. The minimum absolute atomic E-state index is 0.252. The third kappa shape index (κ3) is 5.88. The predicted molar refractivity (Wildman–Crippen MR) is 113 cm³/mol. The average Bonchev–Trinajstić information content (AvgIpc) is 3.39. The van der Waals surface area contributed by atoms with Gasteiger partial charge >= 0.3 is 0 Å². The quantitative estimate of drug-likeness (QED) is 0.386. The van der Waals surface area contributed by atoms with E-state index < -0.39 is 5.60 Å². The van der Waals surface area contributed by atoms with Crippen molar-refractivity contribution in [1.29, 1.82) is 0 Å². The van der Waals surface area contributed by atoms with E-state index >= 15 is 0 Å². The fourth-order valence-corrected chi connectivity index (χ4v) is 3.47. The molecule has 1 aromatic carbocycles. The largest absolute Gasteiger partial charge is 0.444 e. The van der Waals surface area contributed by atoms with Crippen molar-refractivity contribution in [1.82, 2.24) is 15.6 Å². The van der Waals surface area contributed by atoms with Crippen molar-refractivity contribution in [2.75, 3.05) is 19.6 Å². The van der Waals surface area contributed by atoms with Crippen LogP contribution in [0.2, 0.25) is 0 Å². The van der Waals surface area contributed by atoms with Crippen molar-refractivity contribution in [2.45, 2.75) is 25.9 Å². The Hall–Kier alpha value is -2.71. The minimum Gasteiger partial charge on any atom is -0.444 e. The Morgan fingerprint density at radius 1 is 1.28 bits per heavy atom. The van der Waals surface area contributed by atoms with Crippen molar-refractivity contribution in [3.8, 4) is 11.5 Å². The van der Waals surface area contributed by atoms with Gasteiger partial charge in [0.2, 0.25) is 5.89 Å². The van der Waals surface area contributed by atoms with E-state index in [1.54, 1.807) is 25.3 Å². The van der Waals surface area contributed by atoms with Crippen LogP contribution < -0.4 is 10.6 Å². The number of halogens is 1. The molecular formula is C21H25FN4O2S. The lowest BCUT2D eigenvalue weighted by atomic mass is 10.1. The summed E-state index contributed by atoms with van der Waals surface area (Å²) in [6.45, 7) is 5.31. The highest BCUT2D eigenvalue weighted by Crippen LogP contribution is 2.25. The Kier molecular flexibility index (Phi) is 7.00. The summed E-state index contributed by atoms with van der Waals surface area (Å²) in [7, 11) is 0. The predicted octanol–water partition coefficient (Wildman–Crippen LogP) is 3.55. The zero-order valence-corrected chi connectivity index (χ0v) is 17.3. The maximum atomic E-state index is 13.0. The third-order valence-corrected chi connectivity index (χ3v) is 5.38. The highest BCUT2D eigenvalue weighted by atomic mass is 32.1. The lowest BCUT2D eigenvalue weighted by Crippen LogP contribution is -2.39. The maximum Gasteiger partial charge on any atom is 0.226 e. The van der Waals surface area contributed by atoms with Gasteiger partial charge in [-0.2, -0.15) is 0 Å². The van der Waals surface area contributed by atoms with E-state index in [1.165, 1.54) is 23.5 Å². The van der Waals surface area contributed by atoms with E-state index in [-0.39, 0.29) is 12.4 Å². The molecule has 0 radical (unpaired) electrons. The van der Waals surface area contributed by atoms with Crippen molar-refractivity contribution in [3.05, 3.63) is 64.4 Å². The highest BCUT2D eigenvalue weighted by molar-refractivity contribution is 7.10. The highest BCUT2D eigenvalue weighted by Gasteiger charge is 2.24. The number of rotatable bonds is 8. The fourth-order valence-electron chi connectivity index (χ4n) is 2.69. The molecule has 1 atom stereocenters. The first-order chi connectivity index (χ1) is 14.0. The van der Waals surface area contributed by atoms with E-state index in [1.807, 2.05) is 24.4 Å². The number of hydrogen-bond acceptors (Lipinski definition) is 5. The van der Waals surface area contributed by atoms with E-state index in [9.17, 15) is 9.50 Å². The topological polar surface area (TPSA) is 82.7 Å². The maximum absolute atomic E-state index is 13.0. The Labute approximate surface area is 173 Å². The standard InChI is InChI=1S/C21H25FN4O2S/c1-3-23-20(25-14-21(2,27)18-5-4-12-29-18)24-11-10-17-13-28-19(26-17)15-6-8-16(22)9-7-15/h4-9,12-13,27H,3,10-11,14H2,1-2H3,(H2,23,24,25). The number of thiophene rings is 1. The number of guanidine groups is 1. The Morgan fingerprint density at radius 2 is 2.07 bits per heavy atom. The molecule has 0 amide bonds. The van der Waals surface area contributed by atoms with Gasteiger partial charge < -0.3 is 20.2 Å². The molecule has 2 heterocycles. The van der Waals surface area contributed by atoms with Gasteiger partial charge in [-0.1, -0.05) is 6.07 Å². The zero-order chi connectivity index (χ0) is 20.7. The van der Waals surface area contributed by atoms with Gasteiger partial charge in [0, 0.05) is 30.0 Å². The molecule has 0 aliphatic carbocycles. The second kappa shape index (κ2) is 9.67. The van der Waals surface area contributed by atoms with Crippen LogP contribution in [0.25, 0.3) is 11.5 Å². The summed E-state index contributed by atoms with van der Waals surface area (Å²) in [6.07, 6.45) is 2.24. The van der Waals surface area contributed by atoms with Gasteiger partial charge in [-0.05, 0) is 49.6 Å². The number of aliphatic imine (C=N–C) groups is 1. The fraction of sp³-hybridized carbons (Fsp3) is 0.333. The molecule has 3 aromatic rings. The van der Waals surface area contributed by atoms with Crippen LogP contribution in [0.1, 0.15) is 24.4 Å². The normalized spacial score (nSPS) is 13.9. The summed E-state index contributed by atoms with van der Waals surface area (Å²) in [5.41, 5.74) is 0.516. The first-order valence-electron chi connectivity index (χ1n) is 9.47. The lowest BCUT2D eigenvalue weighted by Gasteiger charge is -2.20. The van der Waals surface area contributed by atoms with Crippen LogP contribution >= 0.6 is 11.3 Å². The van der Waals surface area contributed by atoms with Crippen LogP contribution in [-0.2, 0) is 12.0 Å². The number of aromatic nitrogens is 1. The monoisotopic (exact) mass is 416 g/mol. The summed E-state index contributed by atoms with van der Waals surface area (Å²) >= 11 is 1.51. The van der Waals surface area contributed by atoms with Gasteiger partial charge in [-0.15, -0.1) is 11.3 Å². The SMILES string of the molecule is CCNC(=NCC(C)(O)c1cccs1)NCCc1coc(-c2ccc(F)cc2)n1. The van der Waals surface area contributed by atoms with Crippen LogP contribution in [0, 0.1) is 5.82 Å². The molecule has 3 N–H and O–H groups in total. The Balaban J connectivity index is 1.55. The number of nitrogens with zero attached hydrogens (tertiary/aromatic N) is 2. The first kappa shape index (κ1) is 21.0. The molecule has 2 aromatic heterocycles. The minimum atomic E-state index is -1.01. The molecule has 0 aliphatic heterocycles. The van der Waals surface area contributed by atoms with Crippen molar-refractivity contribution >= 4 is 17.3 Å². The molecule has 0 saturated carbocycles. The molecule has 0 fully saturated rings. The van der Waals surface area contributed by atoms with Crippen LogP contribution in [0.5, 0.6) is 0 Å². The number of hydrogen-bond donors (Lipinski definition) is 3. The smallest absolute Gasteiger partial charge is 0.226 e. The van der Waals surface area contributed by atoms with Gasteiger partial charge in [0.25, 0.3) is 0 Å². The summed E-state index contributed by atoms with van der Waals surface area (Å²) in [6, 6.07) is 9.86. The summed E-state index contributed by atoms with van der Waals surface area (Å²) in [4.78, 5) is 9.83. The number of benzene rings is 1. The molecular weight excluding hydrogens is 391 g/mol. The second-order valence-corrected chi connectivity index (χ2v) is 7.72. The van der Waals surface area contributed by atoms with Gasteiger partial charge in [-0.3, -0.25) is 0 Å². The van der Waals surface area contributed by atoms with E-state index in [0.717, 1.165) is 16.1 Å². The molecule has 1 unspecified atom stereocenters. The van der Waals surface area contributed by atoms with Crippen molar-refractivity contribution < 1.29 is 13.9 Å². The van der Waals surface area contributed by atoms with Crippen LogP contribution in [0.4, 0.5) is 4.39 Å². The number of oxazole rings is 1. The molecule has 3 rings (SSSR count). The van der Waals surface area contributed by atoms with E-state index in [2.05, 4.69) is 20.6 Å². The van der Waals surface area contributed by atoms with Crippen LogP contribution in [0.3, 0.4) is 0 Å². The van der Waals surface area contributed by atoms with Crippen molar-refractivity contribution in [2.24, 2.45) is 4.99 Å².